The summed E-state index contributed by atoms with van der Waals surface area (Å²) in [6.45, 7) is 2.03. The first-order valence-corrected chi connectivity index (χ1v) is 8.95. The smallest absolute Gasteiger partial charge is 0.338 e. The van der Waals surface area contributed by atoms with Crippen molar-refractivity contribution < 1.29 is 18.8 Å². The maximum absolute atomic E-state index is 12.6. The first kappa shape index (κ1) is 19.6. The molecule has 0 aliphatic carbocycles. The number of nitrogens with one attached hydrogen (secondary N) is 1. The predicted octanol–water partition coefficient (Wildman–Crippen LogP) is 3.95. The molecule has 9 heteroatoms. The molecule has 3 rings (SSSR count). The highest BCUT2D eigenvalue weighted by Crippen LogP contribution is 2.32. The number of benzene rings is 2. The number of thiol groups is 1. The van der Waals surface area contributed by atoms with Crippen LogP contribution in [0.2, 0.25) is 0 Å². The number of fused-ring (bicyclic) bond motifs is 1. The van der Waals surface area contributed by atoms with Gasteiger partial charge in [-0.1, -0.05) is 24.0 Å². The first-order valence-electron chi connectivity index (χ1n) is 8.55. The van der Waals surface area contributed by atoms with E-state index in [1.165, 1.54) is 0 Å². The zero-order chi connectivity index (χ0) is 20.3. The van der Waals surface area contributed by atoms with Crippen molar-refractivity contribution in [2.24, 2.45) is 0 Å². The van der Waals surface area contributed by atoms with Crippen LogP contribution in [0, 0.1) is 0 Å². The van der Waals surface area contributed by atoms with Gasteiger partial charge in [0.1, 0.15) is 0 Å². The Morgan fingerprint density at radius 3 is 2.54 bits per heavy atom. The van der Waals surface area contributed by atoms with Crippen LogP contribution in [0.15, 0.2) is 47.0 Å². The number of carbonyl (C=O) groups excluding carboxylic acids is 2. The van der Waals surface area contributed by atoms with Gasteiger partial charge >= 0.3 is 12.0 Å². The van der Waals surface area contributed by atoms with E-state index in [1.54, 1.807) is 37.3 Å². The van der Waals surface area contributed by atoms with E-state index < -0.39 is 12.0 Å². The predicted molar refractivity (Wildman–Crippen MR) is 111 cm³/mol. The van der Waals surface area contributed by atoms with Crippen molar-refractivity contribution in [1.29, 1.82) is 0 Å². The quantitative estimate of drug-likeness (QED) is 0.498. The summed E-state index contributed by atoms with van der Waals surface area (Å²) in [5.41, 5.74) is 2.30. The second-order valence-corrected chi connectivity index (χ2v) is 6.49. The van der Waals surface area contributed by atoms with Crippen molar-refractivity contribution in [2.75, 3.05) is 35.2 Å². The van der Waals surface area contributed by atoms with E-state index in [0.29, 0.717) is 34.6 Å². The third kappa shape index (κ3) is 3.89. The molecular formula is C19H20N4O4S. The topological polar surface area (TPSA) is 87.9 Å². The molecule has 3 aromatic rings. The number of anilines is 3. The molecule has 2 aromatic carbocycles. The number of ether oxygens (including phenoxy) is 1. The molecule has 1 aromatic heterocycles. The van der Waals surface area contributed by atoms with Crippen molar-refractivity contribution >= 4 is 53.0 Å². The van der Waals surface area contributed by atoms with Crippen LogP contribution in [-0.4, -0.2) is 37.9 Å². The van der Waals surface area contributed by atoms with E-state index in [-0.39, 0.29) is 0 Å². The molecule has 8 nitrogen and oxygen atoms in total. The fourth-order valence-electron chi connectivity index (χ4n) is 2.66. The van der Waals surface area contributed by atoms with Gasteiger partial charge in [0.2, 0.25) is 0 Å². The molecule has 146 valence electrons. The highest BCUT2D eigenvalue weighted by Gasteiger charge is 2.19. The minimum absolute atomic E-state index is 0.294. The van der Waals surface area contributed by atoms with Gasteiger partial charge in [0.05, 0.1) is 28.9 Å². The fourth-order valence-corrected chi connectivity index (χ4v) is 2.84. The minimum Gasteiger partial charge on any atom is -0.462 e. The van der Waals surface area contributed by atoms with E-state index >= 15 is 0 Å². The number of esters is 1. The van der Waals surface area contributed by atoms with Gasteiger partial charge in [-0.25, -0.2) is 13.9 Å². The summed E-state index contributed by atoms with van der Waals surface area (Å²) < 4.78 is 11.4. The van der Waals surface area contributed by atoms with E-state index in [2.05, 4.69) is 23.3 Å². The van der Waals surface area contributed by atoms with Crippen molar-refractivity contribution in [3.05, 3.63) is 48.0 Å². The lowest BCUT2D eigenvalue weighted by Gasteiger charge is -2.17. The molecule has 0 radical (unpaired) electrons. The Bertz CT molecular complexity index is 1000. The third-order valence-electron chi connectivity index (χ3n) is 4.00. The van der Waals surface area contributed by atoms with Crippen molar-refractivity contribution in [3.8, 4) is 0 Å². The van der Waals surface area contributed by atoms with Gasteiger partial charge in [-0.3, -0.25) is 5.32 Å². The van der Waals surface area contributed by atoms with Crippen LogP contribution < -0.4 is 14.5 Å². The molecule has 28 heavy (non-hydrogen) atoms. The van der Waals surface area contributed by atoms with Crippen LogP contribution in [-0.2, 0) is 4.74 Å². The summed E-state index contributed by atoms with van der Waals surface area (Å²) in [7, 11) is 3.78. The summed E-state index contributed by atoms with van der Waals surface area (Å²) >= 11 is 4.25. The zero-order valence-corrected chi connectivity index (χ0v) is 16.6. The van der Waals surface area contributed by atoms with Crippen LogP contribution in [0.1, 0.15) is 17.3 Å². The molecule has 0 spiro atoms. The van der Waals surface area contributed by atoms with Crippen LogP contribution in [0.4, 0.5) is 22.0 Å². The van der Waals surface area contributed by atoms with Crippen molar-refractivity contribution in [3.63, 3.8) is 0 Å². The second-order valence-electron chi connectivity index (χ2n) is 6.09. The van der Waals surface area contributed by atoms with Gasteiger partial charge < -0.3 is 14.2 Å². The SMILES string of the molecule is CCOC(=O)c1ccc(N(S)C(=O)Nc2noc3cccc(N(C)C)c23)cc1. The third-order valence-corrected chi connectivity index (χ3v) is 4.41. The Morgan fingerprint density at radius 1 is 1.18 bits per heavy atom. The Morgan fingerprint density at radius 2 is 1.89 bits per heavy atom. The molecule has 0 fully saturated rings. The highest BCUT2D eigenvalue weighted by atomic mass is 32.1. The second kappa shape index (κ2) is 8.22. The number of hydrogen-bond donors (Lipinski definition) is 2. The monoisotopic (exact) mass is 400 g/mol. The summed E-state index contributed by atoms with van der Waals surface area (Å²) in [5.74, 6) is -0.124. The molecule has 0 bridgehead atoms. The summed E-state index contributed by atoms with van der Waals surface area (Å²) in [6, 6.07) is 11.4. The fraction of sp³-hybridized carbons (Fsp3) is 0.211. The van der Waals surface area contributed by atoms with Crippen LogP contribution >= 0.6 is 12.8 Å². The number of rotatable bonds is 5. The van der Waals surface area contributed by atoms with E-state index in [4.69, 9.17) is 9.26 Å². The summed E-state index contributed by atoms with van der Waals surface area (Å²) in [6.07, 6.45) is 0. The molecule has 0 aliphatic heterocycles. The summed E-state index contributed by atoms with van der Waals surface area (Å²) in [5, 5.41) is 7.36. The van der Waals surface area contributed by atoms with E-state index in [9.17, 15) is 9.59 Å². The lowest BCUT2D eigenvalue weighted by molar-refractivity contribution is 0.0526. The van der Waals surface area contributed by atoms with Crippen LogP contribution in [0.5, 0.6) is 0 Å². The largest absolute Gasteiger partial charge is 0.462 e. The van der Waals surface area contributed by atoms with Crippen molar-refractivity contribution in [2.45, 2.75) is 6.92 Å². The maximum Gasteiger partial charge on any atom is 0.338 e. The van der Waals surface area contributed by atoms with E-state index in [1.807, 2.05) is 31.1 Å². The van der Waals surface area contributed by atoms with Crippen LogP contribution in [0.3, 0.4) is 0 Å². The minimum atomic E-state index is -0.518. The standard InChI is InChI=1S/C19H20N4O4S/c1-4-26-18(24)12-8-10-13(11-9-12)23(28)19(25)20-17-16-14(22(2)3)6-5-7-15(16)27-21-17/h5-11,28H,4H2,1-3H3,(H,20,21,25). The number of hydrogen-bond acceptors (Lipinski definition) is 7. The lowest BCUT2D eigenvalue weighted by Crippen LogP contribution is -2.27. The Balaban J connectivity index is 1.80. The Labute approximate surface area is 167 Å². The number of carbonyl (C=O) groups is 2. The molecule has 0 aliphatic rings. The first-order chi connectivity index (χ1) is 13.4. The van der Waals surface area contributed by atoms with Gasteiger partial charge in [-0.05, 0) is 43.3 Å². The van der Waals surface area contributed by atoms with Gasteiger partial charge in [-0.2, -0.15) is 0 Å². The van der Waals surface area contributed by atoms with Gasteiger partial charge in [0.25, 0.3) is 0 Å². The number of urea groups is 1. The molecule has 2 amide bonds. The van der Waals surface area contributed by atoms with Crippen molar-refractivity contribution in [1.82, 2.24) is 5.16 Å². The van der Waals surface area contributed by atoms with Crippen LogP contribution in [0.25, 0.3) is 11.0 Å². The molecule has 0 unspecified atom stereocenters. The average Bonchev–Trinajstić information content (AvgIpc) is 3.10. The molecule has 0 atom stereocenters. The normalized spacial score (nSPS) is 10.6. The number of aromatic nitrogens is 1. The van der Waals surface area contributed by atoms with E-state index in [0.717, 1.165) is 9.99 Å². The highest BCUT2D eigenvalue weighted by molar-refractivity contribution is 7.82. The Hall–Kier alpha value is -3.20. The van der Waals surface area contributed by atoms with Gasteiger partial charge in [0, 0.05) is 14.1 Å². The summed E-state index contributed by atoms with van der Waals surface area (Å²) in [4.78, 5) is 26.2. The average molecular weight is 400 g/mol. The van der Waals surface area contributed by atoms with Gasteiger partial charge in [-0.15, -0.1) is 0 Å². The molecule has 1 N–H and O–H groups in total. The molecular weight excluding hydrogens is 380 g/mol. The Kier molecular flexibility index (Phi) is 5.74. The molecule has 1 heterocycles. The maximum atomic E-state index is 12.6. The number of nitrogens with zero attached hydrogens (tertiary/aromatic N) is 3. The molecule has 0 saturated heterocycles. The lowest BCUT2D eigenvalue weighted by atomic mass is 10.2. The molecule has 0 saturated carbocycles. The number of amides is 2. The zero-order valence-electron chi connectivity index (χ0n) is 15.7. The van der Waals surface area contributed by atoms with Gasteiger partial charge in [0.15, 0.2) is 11.4 Å².